The summed E-state index contributed by atoms with van der Waals surface area (Å²) < 4.78 is 0. The Morgan fingerprint density at radius 1 is 1.50 bits per heavy atom. The van der Waals surface area contributed by atoms with Gasteiger partial charge in [-0.25, -0.2) is 0 Å². The molecule has 2 aliphatic rings. The fourth-order valence-electron chi connectivity index (χ4n) is 1.37. The Labute approximate surface area is 61.9 Å². The van der Waals surface area contributed by atoms with E-state index in [0.717, 1.165) is 0 Å². The largest absolute Gasteiger partial charge is 0.363 e. The Hall–Kier alpha value is -0.530. The second kappa shape index (κ2) is 2.26. The monoisotopic (exact) mass is 138 g/mol. The van der Waals surface area contributed by atoms with Crippen molar-refractivity contribution >= 4 is 5.84 Å². The summed E-state index contributed by atoms with van der Waals surface area (Å²) in [6.45, 7) is 1.21. The van der Waals surface area contributed by atoms with Gasteiger partial charge in [-0.05, 0) is 19.3 Å². The number of likely N-dealkylation sites (tertiary alicyclic amines) is 1. The molecule has 0 amide bonds. The normalized spacial score (nSPS) is 30.1. The molecule has 2 rings (SSSR count). The Morgan fingerprint density at radius 2 is 2.30 bits per heavy atom. The van der Waals surface area contributed by atoms with Crippen LogP contribution in [-0.2, 0) is 0 Å². The van der Waals surface area contributed by atoms with E-state index in [2.05, 4.69) is 16.9 Å². The van der Waals surface area contributed by atoms with Gasteiger partial charge in [0, 0.05) is 20.0 Å². The first kappa shape index (κ1) is 6.20. The Morgan fingerprint density at radius 3 is 2.80 bits per heavy atom. The molecule has 0 radical (unpaired) electrons. The van der Waals surface area contributed by atoms with E-state index < -0.39 is 0 Å². The average Bonchev–Trinajstić information content (AvgIpc) is 2.62. The summed E-state index contributed by atoms with van der Waals surface area (Å²) in [5.74, 6) is 1.35. The number of hydrogen-bond acceptors (Lipinski definition) is 1. The van der Waals surface area contributed by atoms with Crippen LogP contribution in [-0.4, -0.2) is 30.4 Å². The first-order valence-electron chi connectivity index (χ1n) is 4.14. The molecule has 0 aromatic carbocycles. The highest BCUT2D eigenvalue weighted by molar-refractivity contribution is 5.84. The first-order valence-corrected chi connectivity index (χ1v) is 4.14. The Kier molecular flexibility index (Phi) is 1.40. The third-order valence-corrected chi connectivity index (χ3v) is 2.21. The highest BCUT2D eigenvalue weighted by Crippen LogP contribution is 2.25. The zero-order chi connectivity index (χ0) is 6.97. The van der Waals surface area contributed by atoms with E-state index in [-0.39, 0.29) is 0 Å². The predicted molar refractivity (Wildman–Crippen MR) is 42.3 cm³/mol. The summed E-state index contributed by atoms with van der Waals surface area (Å²) >= 11 is 0. The van der Waals surface area contributed by atoms with Gasteiger partial charge in [0.15, 0.2) is 0 Å². The van der Waals surface area contributed by atoms with E-state index in [1.54, 1.807) is 0 Å². The number of hydrogen-bond donors (Lipinski definition) is 0. The lowest BCUT2D eigenvalue weighted by molar-refractivity contribution is 0.547. The fourth-order valence-corrected chi connectivity index (χ4v) is 1.37. The van der Waals surface area contributed by atoms with E-state index in [1.165, 1.54) is 38.1 Å². The predicted octanol–water partition coefficient (Wildman–Crippen LogP) is 1.27. The topological polar surface area (TPSA) is 15.6 Å². The van der Waals surface area contributed by atoms with Gasteiger partial charge in [-0.15, -0.1) is 0 Å². The average molecular weight is 138 g/mol. The van der Waals surface area contributed by atoms with Crippen molar-refractivity contribution in [2.75, 3.05) is 13.6 Å². The summed E-state index contributed by atoms with van der Waals surface area (Å²) in [7, 11) is 2.15. The van der Waals surface area contributed by atoms with Gasteiger partial charge in [0.1, 0.15) is 0 Å². The van der Waals surface area contributed by atoms with Crippen LogP contribution in [0.15, 0.2) is 4.99 Å². The lowest BCUT2D eigenvalue weighted by atomic mass is 10.4. The number of amidine groups is 1. The van der Waals surface area contributed by atoms with Gasteiger partial charge in [0.25, 0.3) is 0 Å². The van der Waals surface area contributed by atoms with Crippen molar-refractivity contribution in [3.05, 3.63) is 0 Å². The molecule has 0 spiro atoms. The van der Waals surface area contributed by atoms with Crippen LogP contribution in [0.2, 0.25) is 0 Å². The van der Waals surface area contributed by atoms with Crippen LogP contribution in [0, 0.1) is 0 Å². The van der Waals surface area contributed by atoms with Gasteiger partial charge < -0.3 is 4.90 Å². The maximum absolute atomic E-state index is 4.61. The number of rotatable bonds is 1. The van der Waals surface area contributed by atoms with E-state index in [9.17, 15) is 0 Å². The molecule has 0 aromatic rings. The molecule has 1 aliphatic carbocycles. The maximum Gasteiger partial charge on any atom is 0.0990 e. The minimum atomic E-state index is 0.704. The summed E-state index contributed by atoms with van der Waals surface area (Å²) in [4.78, 5) is 6.90. The maximum atomic E-state index is 4.61. The molecular weight excluding hydrogens is 124 g/mol. The third kappa shape index (κ3) is 1.15. The molecule has 1 saturated heterocycles. The highest BCUT2D eigenvalue weighted by Gasteiger charge is 2.23. The molecule has 1 saturated carbocycles. The van der Waals surface area contributed by atoms with Crippen molar-refractivity contribution < 1.29 is 0 Å². The van der Waals surface area contributed by atoms with Crippen LogP contribution in [0.1, 0.15) is 25.7 Å². The van der Waals surface area contributed by atoms with Crippen molar-refractivity contribution in [1.29, 1.82) is 0 Å². The van der Waals surface area contributed by atoms with Crippen molar-refractivity contribution in [3.8, 4) is 0 Å². The second-order valence-corrected chi connectivity index (χ2v) is 3.30. The Bertz CT molecular complexity index is 159. The minimum Gasteiger partial charge on any atom is -0.363 e. The number of nitrogens with zero attached hydrogens (tertiary/aromatic N) is 2. The molecule has 1 heterocycles. The van der Waals surface area contributed by atoms with Crippen LogP contribution < -0.4 is 0 Å². The van der Waals surface area contributed by atoms with Crippen LogP contribution in [0.3, 0.4) is 0 Å². The molecule has 2 nitrogen and oxygen atoms in total. The van der Waals surface area contributed by atoms with Crippen molar-refractivity contribution in [2.24, 2.45) is 4.99 Å². The minimum absolute atomic E-state index is 0.704. The summed E-state index contributed by atoms with van der Waals surface area (Å²) in [5.41, 5.74) is 0. The van der Waals surface area contributed by atoms with Gasteiger partial charge in [-0.2, -0.15) is 0 Å². The highest BCUT2D eigenvalue weighted by atomic mass is 15.2. The van der Waals surface area contributed by atoms with Crippen LogP contribution in [0.25, 0.3) is 0 Å². The Balaban J connectivity index is 2.00. The molecular formula is C8H14N2. The van der Waals surface area contributed by atoms with Crippen LogP contribution in [0.5, 0.6) is 0 Å². The molecule has 1 aliphatic heterocycles. The summed E-state index contributed by atoms with van der Waals surface area (Å²) in [6.07, 6.45) is 5.18. The molecule has 0 N–H and O–H groups in total. The molecule has 2 fully saturated rings. The van der Waals surface area contributed by atoms with E-state index >= 15 is 0 Å². The molecule has 56 valence electrons. The van der Waals surface area contributed by atoms with Crippen molar-refractivity contribution in [2.45, 2.75) is 31.7 Å². The van der Waals surface area contributed by atoms with E-state index in [1.807, 2.05) is 0 Å². The molecule has 0 bridgehead atoms. The summed E-state index contributed by atoms with van der Waals surface area (Å²) in [5, 5.41) is 0. The SMILES string of the molecule is CN1CCCC1=NC1CC1. The van der Waals surface area contributed by atoms with Crippen molar-refractivity contribution in [3.63, 3.8) is 0 Å². The lowest BCUT2D eigenvalue weighted by Crippen LogP contribution is -2.19. The van der Waals surface area contributed by atoms with Gasteiger partial charge in [0.2, 0.25) is 0 Å². The molecule has 0 unspecified atom stereocenters. The van der Waals surface area contributed by atoms with Gasteiger partial charge in [-0.3, -0.25) is 4.99 Å². The molecule has 0 atom stereocenters. The zero-order valence-corrected chi connectivity index (χ0v) is 6.51. The van der Waals surface area contributed by atoms with E-state index in [4.69, 9.17) is 0 Å². The van der Waals surface area contributed by atoms with Crippen LogP contribution in [0.4, 0.5) is 0 Å². The first-order chi connectivity index (χ1) is 4.86. The smallest absolute Gasteiger partial charge is 0.0990 e. The zero-order valence-electron chi connectivity index (χ0n) is 6.51. The van der Waals surface area contributed by atoms with Gasteiger partial charge >= 0.3 is 0 Å². The summed E-state index contributed by atoms with van der Waals surface area (Å²) in [6, 6.07) is 0.704. The molecule has 2 heteroatoms. The standard InChI is InChI=1S/C8H14N2/c1-10-6-2-3-8(10)9-7-4-5-7/h7H,2-6H2,1H3. The fraction of sp³-hybridized carbons (Fsp3) is 0.875. The second-order valence-electron chi connectivity index (χ2n) is 3.30. The van der Waals surface area contributed by atoms with Crippen LogP contribution >= 0.6 is 0 Å². The van der Waals surface area contributed by atoms with Crippen molar-refractivity contribution in [1.82, 2.24) is 4.90 Å². The number of aliphatic imine (C=N–C) groups is 1. The third-order valence-electron chi connectivity index (χ3n) is 2.21. The van der Waals surface area contributed by atoms with Gasteiger partial charge in [-0.1, -0.05) is 0 Å². The van der Waals surface area contributed by atoms with Gasteiger partial charge in [0.05, 0.1) is 11.9 Å². The quantitative estimate of drug-likeness (QED) is 0.533. The molecule has 10 heavy (non-hydrogen) atoms. The lowest BCUT2D eigenvalue weighted by Gasteiger charge is -2.10. The molecule has 0 aromatic heterocycles. The van der Waals surface area contributed by atoms with E-state index in [0.29, 0.717) is 6.04 Å².